The highest BCUT2D eigenvalue weighted by Crippen LogP contribution is 2.30. The standard InChI is InChI=1S/C16H15F3N2O2/c1-15(2,3)23-14(22)21-6-4-5-11-7-12(10-20)9-13(8-11)16(17,18)19/h7-9H,6H2,1-3H3,(H,21,22). The van der Waals surface area contributed by atoms with Crippen molar-refractivity contribution in [3.05, 3.63) is 34.9 Å². The van der Waals surface area contributed by atoms with E-state index in [0.717, 1.165) is 12.1 Å². The molecule has 0 heterocycles. The lowest BCUT2D eigenvalue weighted by Gasteiger charge is -2.19. The predicted octanol–water partition coefficient (Wildman–Crippen LogP) is 3.45. The first-order valence-corrected chi connectivity index (χ1v) is 6.59. The number of halogens is 3. The first kappa shape index (κ1) is 18.4. The average Bonchev–Trinajstić information content (AvgIpc) is 2.40. The number of carbonyl (C=O) groups is 1. The molecule has 0 aromatic heterocycles. The molecule has 0 aliphatic carbocycles. The number of carbonyl (C=O) groups excluding carboxylic acids is 1. The molecule has 0 spiro atoms. The molecular weight excluding hydrogens is 309 g/mol. The van der Waals surface area contributed by atoms with Gasteiger partial charge < -0.3 is 10.1 Å². The molecule has 23 heavy (non-hydrogen) atoms. The van der Waals surface area contributed by atoms with Crippen LogP contribution in [-0.2, 0) is 10.9 Å². The fourth-order valence-corrected chi connectivity index (χ4v) is 1.50. The van der Waals surface area contributed by atoms with Crippen LogP contribution in [0.1, 0.15) is 37.5 Å². The SMILES string of the molecule is CC(C)(C)OC(=O)NCC#Cc1cc(C#N)cc(C(F)(F)F)c1. The van der Waals surface area contributed by atoms with E-state index in [4.69, 9.17) is 10.00 Å². The van der Waals surface area contributed by atoms with Crippen LogP contribution in [0.15, 0.2) is 18.2 Å². The molecule has 0 atom stereocenters. The highest BCUT2D eigenvalue weighted by Gasteiger charge is 2.31. The van der Waals surface area contributed by atoms with Crippen molar-refractivity contribution in [2.24, 2.45) is 0 Å². The molecular formula is C16H15F3N2O2. The molecule has 7 heteroatoms. The third-order valence-electron chi connectivity index (χ3n) is 2.34. The van der Waals surface area contributed by atoms with Crippen LogP contribution in [0.25, 0.3) is 0 Å². The zero-order valence-corrected chi connectivity index (χ0v) is 12.8. The molecule has 1 aromatic carbocycles. The van der Waals surface area contributed by atoms with Gasteiger partial charge in [-0.05, 0) is 39.0 Å². The van der Waals surface area contributed by atoms with Crippen molar-refractivity contribution in [3.8, 4) is 17.9 Å². The molecule has 1 aromatic rings. The summed E-state index contributed by atoms with van der Waals surface area (Å²) in [5.41, 5.74) is -1.69. The van der Waals surface area contributed by atoms with Gasteiger partial charge in [0.2, 0.25) is 0 Å². The first-order valence-electron chi connectivity index (χ1n) is 6.59. The quantitative estimate of drug-likeness (QED) is 0.805. The van der Waals surface area contributed by atoms with Gasteiger partial charge in [-0.25, -0.2) is 4.79 Å². The van der Waals surface area contributed by atoms with Gasteiger partial charge in [0.05, 0.1) is 23.7 Å². The lowest BCUT2D eigenvalue weighted by atomic mass is 10.1. The maximum atomic E-state index is 12.7. The minimum atomic E-state index is -4.56. The average molecular weight is 324 g/mol. The highest BCUT2D eigenvalue weighted by atomic mass is 19.4. The van der Waals surface area contributed by atoms with Gasteiger partial charge in [-0.3, -0.25) is 0 Å². The molecule has 0 aliphatic rings. The number of rotatable bonds is 1. The molecule has 1 rings (SSSR count). The van der Waals surface area contributed by atoms with Gasteiger partial charge in [0.25, 0.3) is 0 Å². The molecule has 0 fully saturated rings. The summed E-state index contributed by atoms with van der Waals surface area (Å²) >= 11 is 0. The number of hydrogen-bond donors (Lipinski definition) is 1. The maximum Gasteiger partial charge on any atom is 0.416 e. The normalized spacial score (nSPS) is 11.0. The molecule has 122 valence electrons. The summed E-state index contributed by atoms with van der Waals surface area (Å²) in [5.74, 6) is 4.99. The van der Waals surface area contributed by atoms with E-state index in [2.05, 4.69) is 17.2 Å². The minimum absolute atomic E-state index is 0.0439. The van der Waals surface area contributed by atoms with Crippen LogP contribution >= 0.6 is 0 Å². The second kappa shape index (κ2) is 7.06. The van der Waals surface area contributed by atoms with E-state index in [-0.39, 0.29) is 17.7 Å². The largest absolute Gasteiger partial charge is 0.444 e. The van der Waals surface area contributed by atoms with Crippen LogP contribution in [0.5, 0.6) is 0 Å². The number of alkyl halides is 3. The van der Waals surface area contributed by atoms with Gasteiger partial charge in [0, 0.05) is 5.56 Å². The number of nitrogens with zero attached hydrogens (tertiary/aromatic N) is 1. The van der Waals surface area contributed by atoms with E-state index in [0.29, 0.717) is 0 Å². The zero-order chi connectivity index (χ0) is 17.7. The lowest BCUT2D eigenvalue weighted by Crippen LogP contribution is -2.32. The Morgan fingerprint density at radius 3 is 2.35 bits per heavy atom. The fraction of sp³-hybridized carbons (Fsp3) is 0.375. The topological polar surface area (TPSA) is 62.1 Å². The third kappa shape index (κ3) is 6.75. The summed E-state index contributed by atoms with van der Waals surface area (Å²) in [5, 5.41) is 11.1. The second-order valence-corrected chi connectivity index (χ2v) is 5.57. The van der Waals surface area contributed by atoms with Crippen molar-refractivity contribution in [2.45, 2.75) is 32.5 Å². The van der Waals surface area contributed by atoms with E-state index in [1.54, 1.807) is 26.8 Å². The number of alkyl carbamates (subject to hydrolysis) is 1. The summed E-state index contributed by atoms with van der Waals surface area (Å²) in [7, 11) is 0. The van der Waals surface area contributed by atoms with E-state index < -0.39 is 23.4 Å². The van der Waals surface area contributed by atoms with Crippen molar-refractivity contribution in [1.29, 1.82) is 5.26 Å². The van der Waals surface area contributed by atoms with Crippen LogP contribution in [0, 0.1) is 23.2 Å². The molecule has 1 amide bonds. The number of ether oxygens (including phenoxy) is 1. The zero-order valence-electron chi connectivity index (χ0n) is 12.8. The lowest BCUT2D eigenvalue weighted by molar-refractivity contribution is -0.137. The molecule has 0 unspecified atom stereocenters. The second-order valence-electron chi connectivity index (χ2n) is 5.57. The van der Waals surface area contributed by atoms with Crippen LogP contribution in [0.4, 0.5) is 18.0 Å². The van der Waals surface area contributed by atoms with Gasteiger partial charge in [-0.2, -0.15) is 18.4 Å². The van der Waals surface area contributed by atoms with E-state index in [1.165, 1.54) is 6.07 Å². The first-order chi connectivity index (χ1) is 10.5. The van der Waals surface area contributed by atoms with Gasteiger partial charge in [0.15, 0.2) is 0 Å². The molecule has 1 N–H and O–H groups in total. The molecule has 0 saturated heterocycles. The van der Waals surface area contributed by atoms with Crippen molar-refractivity contribution >= 4 is 6.09 Å². The number of nitriles is 1. The van der Waals surface area contributed by atoms with E-state index in [1.807, 2.05) is 0 Å². The van der Waals surface area contributed by atoms with Crippen LogP contribution in [0.2, 0.25) is 0 Å². The fourth-order valence-electron chi connectivity index (χ4n) is 1.50. The number of nitrogens with one attached hydrogen (secondary N) is 1. The van der Waals surface area contributed by atoms with Crippen molar-refractivity contribution < 1.29 is 22.7 Å². The number of benzene rings is 1. The highest BCUT2D eigenvalue weighted by molar-refractivity contribution is 5.68. The van der Waals surface area contributed by atoms with Gasteiger partial charge in [0.1, 0.15) is 5.60 Å². The molecule has 0 bridgehead atoms. The molecule has 0 aliphatic heterocycles. The Hall–Kier alpha value is -2.67. The summed E-state index contributed by atoms with van der Waals surface area (Å²) in [4.78, 5) is 11.4. The summed E-state index contributed by atoms with van der Waals surface area (Å²) < 4.78 is 43.1. The smallest absolute Gasteiger partial charge is 0.416 e. The maximum absolute atomic E-state index is 12.7. The number of amides is 1. The monoisotopic (exact) mass is 324 g/mol. The molecule has 0 saturated carbocycles. The van der Waals surface area contributed by atoms with Crippen LogP contribution in [-0.4, -0.2) is 18.2 Å². The molecule has 0 radical (unpaired) electrons. The minimum Gasteiger partial charge on any atom is -0.444 e. The Bertz CT molecular complexity index is 686. The van der Waals surface area contributed by atoms with Crippen molar-refractivity contribution in [2.75, 3.05) is 6.54 Å². The van der Waals surface area contributed by atoms with Gasteiger partial charge in [-0.15, -0.1) is 0 Å². The summed E-state index contributed by atoms with van der Waals surface area (Å²) in [6.45, 7) is 5.01. The Balaban J connectivity index is 2.79. The van der Waals surface area contributed by atoms with E-state index >= 15 is 0 Å². The van der Waals surface area contributed by atoms with Gasteiger partial charge >= 0.3 is 12.3 Å². The van der Waals surface area contributed by atoms with E-state index in [9.17, 15) is 18.0 Å². The van der Waals surface area contributed by atoms with Crippen molar-refractivity contribution in [1.82, 2.24) is 5.32 Å². The Labute approximate surface area is 132 Å². The van der Waals surface area contributed by atoms with Crippen molar-refractivity contribution in [3.63, 3.8) is 0 Å². The van der Waals surface area contributed by atoms with Crippen LogP contribution < -0.4 is 5.32 Å². The molecule has 4 nitrogen and oxygen atoms in total. The predicted molar refractivity (Wildman–Crippen MR) is 77.3 cm³/mol. The Kier molecular flexibility index (Phi) is 5.64. The third-order valence-corrected chi connectivity index (χ3v) is 2.34. The Morgan fingerprint density at radius 1 is 1.22 bits per heavy atom. The summed E-state index contributed by atoms with van der Waals surface area (Å²) in [6, 6.07) is 4.51. The summed E-state index contributed by atoms with van der Waals surface area (Å²) in [6.07, 6.45) is -5.23. The van der Waals surface area contributed by atoms with Crippen LogP contribution in [0.3, 0.4) is 0 Å². The number of hydrogen-bond acceptors (Lipinski definition) is 3. The Morgan fingerprint density at radius 2 is 1.83 bits per heavy atom. The van der Waals surface area contributed by atoms with Gasteiger partial charge in [-0.1, -0.05) is 11.8 Å².